The highest BCUT2D eigenvalue weighted by Gasteiger charge is 2.21. The minimum Gasteiger partial charge on any atom is -0.387 e. The fraction of sp³-hybridized carbons (Fsp3) is 0.333. The van der Waals surface area contributed by atoms with Crippen molar-refractivity contribution in [3.05, 3.63) is 45.2 Å². The lowest BCUT2D eigenvalue weighted by molar-refractivity contribution is 0.182. The Hall–Kier alpha value is -0.930. The monoisotopic (exact) mass is 416 g/mol. The number of fused-ring (bicyclic) bond motifs is 1. The van der Waals surface area contributed by atoms with E-state index < -0.39 is 16.1 Å². The maximum absolute atomic E-state index is 12.2. The topological polar surface area (TPSA) is 69.6 Å². The molecule has 0 saturated heterocycles. The Bertz CT molecular complexity index is 820. The van der Waals surface area contributed by atoms with Crippen molar-refractivity contribution in [3.8, 4) is 0 Å². The van der Waals surface area contributed by atoms with E-state index in [1.807, 2.05) is 25.2 Å². The molecule has 2 N–H and O–H groups in total. The van der Waals surface area contributed by atoms with Gasteiger partial charge in [0.05, 0.1) is 9.89 Å². The fourth-order valence-corrected chi connectivity index (χ4v) is 5.71. The van der Waals surface area contributed by atoms with Gasteiger partial charge in [-0.2, -0.15) is 0 Å². The average molecular weight is 417 g/mol. The van der Waals surface area contributed by atoms with E-state index in [9.17, 15) is 13.5 Å². The molecule has 8 heteroatoms. The molecule has 1 aromatic carbocycles. The van der Waals surface area contributed by atoms with Crippen LogP contribution in [-0.2, 0) is 16.4 Å². The summed E-state index contributed by atoms with van der Waals surface area (Å²) in [6.45, 7) is 0.918. The number of hydrogen-bond donors (Lipinski definition) is 2. The lowest BCUT2D eigenvalue weighted by Gasteiger charge is -2.15. The Morgan fingerprint density at radius 2 is 2.17 bits per heavy atom. The maximum Gasteiger partial charge on any atom is 0.250 e. The highest BCUT2D eigenvalue weighted by Crippen LogP contribution is 2.30. The molecule has 1 atom stereocenters. The van der Waals surface area contributed by atoms with Crippen molar-refractivity contribution in [1.82, 2.24) is 4.72 Å². The van der Waals surface area contributed by atoms with E-state index in [1.165, 1.54) is 17.3 Å². The second-order valence-electron chi connectivity index (χ2n) is 5.49. The number of hydrogen-bond acceptors (Lipinski definition) is 5. The number of benzene rings is 1. The molecule has 5 nitrogen and oxygen atoms in total. The van der Waals surface area contributed by atoms with E-state index in [0.717, 1.165) is 33.7 Å². The Morgan fingerprint density at radius 1 is 1.39 bits per heavy atom. The zero-order chi connectivity index (χ0) is 16.6. The van der Waals surface area contributed by atoms with Crippen LogP contribution in [0.5, 0.6) is 0 Å². The van der Waals surface area contributed by atoms with Gasteiger partial charge in [0.25, 0.3) is 0 Å². The molecule has 1 aliphatic rings. The molecule has 0 fully saturated rings. The average Bonchev–Trinajstić information content (AvgIpc) is 3.12. The third-order valence-electron chi connectivity index (χ3n) is 3.90. The summed E-state index contributed by atoms with van der Waals surface area (Å²) in [6, 6.07) is 9.01. The fourth-order valence-electron chi connectivity index (χ4n) is 2.61. The van der Waals surface area contributed by atoms with Crippen LogP contribution in [-0.4, -0.2) is 33.7 Å². The zero-order valence-electron chi connectivity index (χ0n) is 12.5. The highest BCUT2D eigenvalue weighted by molar-refractivity contribution is 9.11. The van der Waals surface area contributed by atoms with Gasteiger partial charge in [-0.15, -0.1) is 11.3 Å². The first-order chi connectivity index (χ1) is 10.9. The lowest BCUT2D eigenvalue weighted by atomic mass is 10.0. The van der Waals surface area contributed by atoms with E-state index >= 15 is 0 Å². The van der Waals surface area contributed by atoms with Crippen LogP contribution in [0, 0.1) is 0 Å². The summed E-state index contributed by atoms with van der Waals surface area (Å²) in [4.78, 5) is 2.17. The predicted octanol–water partition coefficient (Wildman–Crippen LogP) is 2.51. The molecule has 1 unspecified atom stereocenters. The molecule has 3 rings (SSSR count). The van der Waals surface area contributed by atoms with Crippen molar-refractivity contribution in [2.24, 2.45) is 0 Å². The minimum atomic E-state index is -3.59. The van der Waals surface area contributed by atoms with E-state index in [2.05, 4.69) is 25.6 Å². The summed E-state index contributed by atoms with van der Waals surface area (Å²) in [6.07, 6.45) is 0.0748. The maximum atomic E-state index is 12.2. The summed E-state index contributed by atoms with van der Waals surface area (Å²) < 4.78 is 27.8. The number of nitrogens with one attached hydrogen (secondary N) is 1. The summed E-state index contributed by atoms with van der Waals surface area (Å²) in [5.74, 6) is 0. The molecule has 0 bridgehead atoms. The second-order valence-corrected chi connectivity index (χ2v) is 9.94. The van der Waals surface area contributed by atoms with Crippen molar-refractivity contribution in [3.63, 3.8) is 0 Å². The van der Waals surface area contributed by atoms with Gasteiger partial charge in [0.1, 0.15) is 4.21 Å². The molecule has 124 valence electrons. The molecule has 0 aliphatic carbocycles. The number of aliphatic hydroxyl groups excluding tert-OH is 1. The number of rotatable bonds is 5. The number of halogens is 1. The van der Waals surface area contributed by atoms with Gasteiger partial charge in [-0.25, -0.2) is 13.1 Å². The summed E-state index contributed by atoms with van der Waals surface area (Å²) >= 11 is 4.39. The molecular formula is C15H17BrN2O3S2. The SMILES string of the molecule is CN1CCc2cc(C(O)CNS(=O)(=O)c3ccc(Br)s3)ccc21. The van der Waals surface area contributed by atoms with Gasteiger partial charge in [-0.3, -0.25) is 0 Å². The van der Waals surface area contributed by atoms with Gasteiger partial charge in [-0.1, -0.05) is 12.1 Å². The van der Waals surface area contributed by atoms with Crippen molar-refractivity contribution < 1.29 is 13.5 Å². The number of aliphatic hydroxyl groups is 1. The molecule has 2 heterocycles. The molecule has 1 aliphatic heterocycles. The van der Waals surface area contributed by atoms with Crippen molar-refractivity contribution in [2.45, 2.75) is 16.7 Å². The molecule has 0 radical (unpaired) electrons. The van der Waals surface area contributed by atoms with E-state index in [4.69, 9.17) is 0 Å². The second kappa shape index (κ2) is 6.52. The van der Waals surface area contributed by atoms with Crippen LogP contribution in [0.4, 0.5) is 5.69 Å². The van der Waals surface area contributed by atoms with Crippen LogP contribution in [0.1, 0.15) is 17.2 Å². The van der Waals surface area contributed by atoms with Gasteiger partial charge < -0.3 is 10.0 Å². The highest BCUT2D eigenvalue weighted by atomic mass is 79.9. The van der Waals surface area contributed by atoms with Crippen molar-refractivity contribution in [2.75, 3.05) is 25.0 Å². The normalized spacial score (nSPS) is 15.7. The minimum absolute atomic E-state index is 0.0491. The molecule has 0 saturated carbocycles. The van der Waals surface area contributed by atoms with E-state index in [-0.39, 0.29) is 10.8 Å². The first-order valence-electron chi connectivity index (χ1n) is 7.14. The van der Waals surface area contributed by atoms with Crippen molar-refractivity contribution >= 4 is 43.0 Å². The Balaban J connectivity index is 1.69. The van der Waals surface area contributed by atoms with Crippen LogP contribution in [0.25, 0.3) is 0 Å². The van der Waals surface area contributed by atoms with Gasteiger partial charge in [0.2, 0.25) is 10.0 Å². The summed E-state index contributed by atoms with van der Waals surface area (Å²) in [7, 11) is -1.56. The third kappa shape index (κ3) is 3.61. The number of thiophene rings is 1. The van der Waals surface area contributed by atoms with Crippen LogP contribution in [0.15, 0.2) is 38.3 Å². The van der Waals surface area contributed by atoms with E-state index in [1.54, 1.807) is 6.07 Å². The molecule has 0 amide bonds. The largest absolute Gasteiger partial charge is 0.387 e. The molecule has 2 aromatic rings. The van der Waals surface area contributed by atoms with Crippen LogP contribution in [0.3, 0.4) is 0 Å². The zero-order valence-corrected chi connectivity index (χ0v) is 15.7. The number of anilines is 1. The molecule has 0 spiro atoms. The number of likely N-dealkylation sites (N-methyl/N-ethyl adjacent to an activating group) is 1. The van der Waals surface area contributed by atoms with Gasteiger partial charge in [0, 0.05) is 25.8 Å². The van der Waals surface area contributed by atoms with E-state index in [0.29, 0.717) is 0 Å². The number of sulfonamides is 1. The van der Waals surface area contributed by atoms with Crippen LogP contribution in [0.2, 0.25) is 0 Å². The molecule has 1 aromatic heterocycles. The van der Waals surface area contributed by atoms with Crippen LogP contribution < -0.4 is 9.62 Å². The van der Waals surface area contributed by atoms with Gasteiger partial charge >= 0.3 is 0 Å². The Morgan fingerprint density at radius 3 is 2.87 bits per heavy atom. The molecule has 23 heavy (non-hydrogen) atoms. The van der Waals surface area contributed by atoms with Gasteiger partial charge in [0.15, 0.2) is 0 Å². The Labute approximate surface area is 148 Å². The quantitative estimate of drug-likeness (QED) is 0.785. The molecular weight excluding hydrogens is 400 g/mol. The van der Waals surface area contributed by atoms with Gasteiger partial charge in [-0.05, 0) is 51.7 Å². The third-order valence-corrected chi connectivity index (χ3v) is 7.44. The predicted molar refractivity (Wildman–Crippen MR) is 95.6 cm³/mol. The van der Waals surface area contributed by atoms with Crippen LogP contribution >= 0.6 is 27.3 Å². The first kappa shape index (κ1) is 16.9. The standard InChI is InChI=1S/C15H17BrN2O3S2/c1-18-7-6-10-8-11(2-3-12(10)18)13(19)9-17-23(20,21)15-5-4-14(16)22-15/h2-5,8,13,17,19H,6-7,9H2,1H3. The summed E-state index contributed by atoms with van der Waals surface area (Å²) in [5.41, 5.74) is 3.09. The first-order valence-corrected chi connectivity index (χ1v) is 10.2. The smallest absolute Gasteiger partial charge is 0.250 e. The lowest BCUT2D eigenvalue weighted by Crippen LogP contribution is -2.28. The Kier molecular flexibility index (Phi) is 4.80. The number of nitrogens with zero attached hydrogens (tertiary/aromatic N) is 1. The van der Waals surface area contributed by atoms with Crippen molar-refractivity contribution in [1.29, 1.82) is 0 Å². The summed E-state index contributed by atoms with van der Waals surface area (Å²) in [5, 5.41) is 10.3.